The predicted octanol–water partition coefficient (Wildman–Crippen LogP) is 2.07. The highest BCUT2D eigenvalue weighted by Crippen LogP contribution is 2.16. The molecule has 1 heterocycles. The van der Waals surface area contributed by atoms with Gasteiger partial charge in [-0.25, -0.2) is 4.99 Å². The Bertz CT molecular complexity index is 636. The molecule has 0 amide bonds. The van der Waals surface area contributed by atoms with Gasteiger partial charge in [-0.2, -0.15) is 0 Å². The number of benzene rings is 1. The summed E-state index contributed by atoms with van der Waals surface area (Å²) in [6.45, 7) is 4.00. The minimum absolute atomic E-state index is 0.478. The van der Waals surface area contributed by atoms with Crippen molar-refractivity contribution < 1.29 is 0 Å². The molecule has 0 unspecified atom stereocenters. The molecule has 1 N–H and O–H groups in total. The Morgan fingerprint density at radius 3 is 2.82 bits per heavy atom. The zero-order valence-corrected chi connectivity index (χ0v) is 13.9. The third kappa shape index (κ3) is 4.21. The minimum Gasteiger partial charge on any atom is -0.357 e. The van der Waals surface area contributed by atoms with Crippen LogP contribution in [0.15, 0.2) is 35.6 Å². The van der Waals surface area contributed by atoms with E-state index in [2.05, 4.69) is 20.5 Å². The van der Waals surface area contributed by atoms with Crippen molar-refractivity contribution in [2.45, 2.75) is 20.0 Å². The second-order valence-electron chi connectivity index (χ2n) is 4.98. The van der Waals surface area contributed by atoms with E-state index >= 15 is 0 Å². The summed E-state index contributed by atoms with van der Waals surface area (Å²) in [4.78, 5) is 6.65. The van der Waals surface area contributed by atoms with Gasteiger partial charge in [-0.1, -0.05) is 29.8 Å². The van der Waals surface area contributed by atoms with Gasteiger partial charge in [-0.05, 0) is 18.6 Å². The van der Waals surface area contributed by atoms with Crippen molar-refractivity contribution in [3.63, 3.8) is 0 Å². The monoisotopic (exact) mass is 320 g/mol. The molecule has 6 nitrogen and oxygen atoms in total. The van der Waals surface area contributed by atoms with Crippen molar-refractivity contribution in [2.75, 3.05) is 13.6 Å². The van der Waals surface area contributed by atoms with Crippen LogP contribution < -0.4 is 5.32 Å². The molecule has 118 valence electrons. The molecule has 0 spiro atoms. The van der Waals surface area contributed by atoms with Gasteiger partial charge in [-0.15, -0.1) is 10.2 Å². The molecule has 0 bridgehead atoms. The quantitative estimate of drug-likeness (QED) is 0.677. The maximum atomic E-state index is 6.22. The normalized spacial score (nSPS) is 11.5. The molecule has 1 aromatic heterocycles. The van der Waals surface area contributed by atoms with Crippen LogP contribution in [0.25, 0.3) is 0 Å². The van der Waals surface area contributed by atoms with E-state index in [1.807, 2.05) is 54.8 Å². The van der Waals surface area contributed by atoms with Gasteiger partial charge in [-0.3, -0.25) is 0 Å². The molecule has 0 aliphatic carbocycles. The van der Waals surface area contributed by atoms with Crippen LogP contribution in [-0.4, -0.2) is 39.2 Å². The van der Waals surface area contributed by atoms with E-state index in [-0.39, 0.29) is 0 Å². The molecule has 0 aliphatic rings. The molecule has 2 rings (SSSR count). The molecule has 0 saturated heterocycles. The number of aliphatic imine (C=N–C) groups is 1. The number of hydrogen-bond donors (Lipinski definition) is 1. The average Bonchev–Trinajstić information content (AvgIpc) is 2.91. The summed E-state index contributed by atoms with van der Waals surface area (Å²) >= 11 is 6.22. The third-order valence-corrected chi connectivity index (χ3v) is 3.61. The average molecular weight is 321 g/mol. The van der Waals surface area contributed by atoms with E-state index in [0.717, 1.165) is 28.9 Å². The lowest BCUT2D eigenvalue weighted by Crippen LogP contribution is -2.38. The molecule has 2 aromatic rings. The van der Waals surface area contributed by atoms with Crippen molar-refractivity contribution in [3.05, 3.63) is 47.0 Å². The van der Waals surface area contributed by atoms with Crippen LogP contribution in [0.2, 0.25) is 5.02 Å². The Kier molecular flexibility index (Phi) is 5.77. The van der Waals surface area contributed by atoms with Crippen molar-refractivity contribution in [2.24, 2.45) is 12.0 Å². The van der Waals surface area contributed by atoms with Gasteiger partial charge in [0.15, 0.2) is 11.8 Å². The second-order valence-corrected chi connectivity index (χ2v) is 5.38. The molecule has 7 heteroatoms. The van der Waals surface area contributed by atoms with Crippen LogP contribution in [0.5, 0.6) is 0 Å². The first-order valence-electron chi connectivity index (χ1n) is 7.17. The standard InChI is InChI=1S/C15H21ClN6/c1-4-17-15(18-9-14-20-19-11-22(14)3)21(2)10-12-7-5-6-8-13(12)16/h5-8,11H,4,9-10H2,1-3H3,(H,17,18). The number of halogens is 1. The molecule has 0 atom stereocenters. The maximum absolute atomic E-state index is 6.22. The highest BCUT2D eigenvalue weighted by molar-refractivity contribution is 6.31. The lowest BCUT2D eigenvalue weighted by molar-refractivity contribution is 0.476. The van der Waals surface area contributed by atoms with Gasteiger partial charge >= 0.3 is 0 Å². The Balaban J connectivity index is 2.09. The number of aromatic nitrogens is 3. The van der Waals surface area contributed by atoms with E-state index in [1.165, 1.54) is 0 Å². The zero-order valence-electron chi connectivity index (χ0n) is 13.1. The highest BCUT2D eigenvalue weighted by Gasteiger charge is 2.09. The SMILES string of the molecule is CCNC(=NCc1nncn1C)N(C)Cc1ccccc1Cl. The summed E-state index contributed by atoms with van der Waals surface area (Å²) in [7, 11) is 3.90. The minimum atomic E-state index is 0.478. The van der Waals surface area contributed by atoms with Crippen LogP contribution in [-0.2, 0) is 20.1 Å². The van der Waals surface area contributed by atoms with E-state index in [1.54, 1.807) is 6.33 Å². The fraction of sp³-hybridized carbons (Fsp3) is 0.400. The first-order valence-corrected chi connectivity index (χ1v) is 7.55. The Labute approximate surface area is 135 Å². The van der Waals surface area contributed by atoms with Crippen LogP contribution >= 0.6 is 11.6 Å². The van der Waals surface area contributed by atoms with Gasteiger partial charge in [0.05, 0.1) is 0 Å². The van der Waals surface area contributed by atoms with Crippen molar-refractivity contribution in [1.29, 1.82) is 0 Å². The first kappa shape index (κ1) is 16.3. The van der Waals surface area contributed by atoms with E-state index in [4.69, 9.17) is 11.6 Å². The predicted molar refractivity (Wildman–Crippen MR) is 88.7 cm³/mol. The number of aryl methyl sites for hydroxylation is 1. The fourth-order valence-electron chi connectivity index (χ4n) is 2.02. The molecule has 0 aliphatic heterocycles. The Morgan fingerprint density at radius 1 is 1.41 bits per heavy atom. The number of nitrogens with one attached hydrogen (secondary N) is 1. The summed E-state index contributed by atoms with van der Waals surface area (Å²) in [5.74, 6) is 1.63. The number of guanidine groups is 1. The van der Waals surface area contributed by atoms with E-state index in [9.17, 15) is 0 Å². The summed E-state index contributed by atoms with van der Waals surface area (Å²) in [5.41, 5.74) is 1.07. The summed E-state index contributed by atoms with van der Waals surface area (Å²) in [6, 6.07) is 7.83. The third-order valence-electron chi connectivity index (χ3n) is 3.24. The van der Waals surface area contributed by atoms with Crippen LogP contribution in [0.4, 0.5) is 0 Å². The first-order chi connectivity index (χ1) is 10.6. The van der Waals surface area contributed by atoms with Gasteiger partial charge < -0.3 is 14.8 Å². The number of nitrogens with zero attached hydrogens (tertiary/aromatic N) is 5. The zero-order chi connectivity index (χ0) is 15.9. The molecular weight excluding hydrogens is 300 g/mol. The van der Waals surface area contributed by atoms with Gasteiger partial charge in [0.1, 0.15) is 12.9 Å². The molecule has 0 fully saturated rings. The molecule has 0 saturated carbocycles. The van der Waals surface area contributed by atoms with Crippen LogP contribution in [0.3, 0.4) is 0 Å². The van der Waals surface area contributed by atoms with Gasteiger partial charge in [0, 0.05) is 32.2 Å². The van der Waals surface area contributed by atoms with E-state index in [0.29, 0.717) is 13.1 Å². The molecule has 22 heavy (non-hydrogen) atoms. The lowest BCUT2D eigenvalue weighted by Gasteiger charge is -2.22. The summed E-state index contributed by atoms with van der Waals surface area (Å²) < 4.78 is 1.86. The molecule has 0 radical (unpaired) electrons. The van der Waals surface area contributed by atoms with Crippen LogP contribution in [0.1, 0.15) is 18.3 Å². The number of rotatable bonds is 5. The fourth-order valence-corrected chi connectivity index (χ4v) is 2.22. The van der Waals surface area contributed by atoms with Crippen molar-refractivity contribution in [3.8, 4) is 0 Å². The summed E-state index contributed by atoms with van der Waals surface area (Å²) in [5, 5.41) is 11.9. The lowest BCUT2D eigenvalue weighted by atomic mass is 10.2. The highest BCUT2D eigenvalue weighted by atomic mass is 35.5. The van der Waals surface area contributed by atoms with Gasteiger partial charge in [0.2, 0.25) is 0 Å². The van der Waals surface area contributed by atoms with Gasteiger partial charge in [0.25, 0.3) is 0 Å². The second kappa shape index (κ2) is 7.79. The Morgan fingerprint density at radius 2 is 2.18 bits per heavy atom. The largest absolute Gasteiger partial charge is 0.357 e. The maximum Gasteiger partial charge on any atom is 0.194 e. The van der Waals surface area contributed by atoms with Crippen LogP contribution in [0, 0.1) is 0 Å². The smallest absolute Gasteiger partial charge is 0.194 e. The Hall–Kier alpha value is -2.08. The van der Waals surface area contributed by atoms with Crippen molar-refractivity contribution >= 4 is 17.6 Å². The topological polar surface area (TPSA) is 58.3 Å². The number of hydrogen-bond acceptors (Lipinski definition) is 3. The van der Waals surface area contributed by atoms with E-state index < -0.39 is 0 Å². The molecular formula is C15H21ClN6. The van der Waals surface area contributed by atoms with Crippen molar-refractivity contribution in [1.82, 2.24) is 25.0 Å². The molecule has 1 aromatic carbocycles. The summed E-state index contributed by atoms with van der Waals surface area (Å²) in [6.07, 6.45) is 1.67.